The van der Waals surface area contributed by atoms with Crippen molar-refractivity contribution >= 4 is 74.9 Å². The minimum absolute atomic E-state index is 0.00754. The predicted octanol–water partition coefficient (Wildman–Crippen LogP) is 3.07. The van der Waals surface area contributed by atoms with E-state index in [0.29, 0.717) is 22.6 Å². The van der Waals surface area contributed by atoms with Crippen molar-refractivity contribution in [2.24, 2.45) is 12.0 Å². The number of carbonyl (C=O) groups excluding carboxylic acids is 2. The molecule has 1 fully saturated rings. The van der Waals surface area contributed by atoms with Gasteiger partial charge in [0.1, 0.15) is 12.6 Å². The molecule has 0 saturated carbocycles. The molecular formula is C28H23IN6O4S. The fourth-order valence-corrected chi connectivity index (χ4v) is 4.99. The molecule has 1 aliphatic heterocycles. The van der Waals surface area contributed by atoms with Crippen molar-refractivity contribution in [3.63, 3.8) is 0 Å². The molecule has 0 spiro atoms. The van der Waals surface area contributed by atoms with Crippen molar-refractivity contribution in [1.82, 2.24) is 10.2 Å². The zero-order valence-corrected chi connectivity index (χ0v) is 24.2. The molecule has 40 heavy (non-hydrogen) atoms. The van der Waals surface area contributed by atoms with Crippen LogP contribution in [0.4, 0.5) is 17.3 Å². The molecule has 1 aliphatic rings. The van der Waals surface area contributed by atoms with Crippen molar-refractivity contribution < 1.29 is 23.9 Å². The molecule has 1 atom stereocenters. The Kier molecular flexibility index (Phi) is 8.16. The van der Waals surface area contributed by atoms with Gasteiger partial charge in [0.15, 0.2) is 12.2 Å². The Hall–Kier alpha value is -4.17. The molecule has 10 nitrogen and oxygen atoms in total. The van der Waals surface area contributed by atoms with E-state index in [0.717, 1.165) is 3.57 Å². The summed E-state index contributed by atoms with van der Waals surface area (Å²) in [5.41, 5.74) is 2.01. The molecule has 1 unspecified atom stereocenters. The number of amides is 2. The van der Waals surface area contributed by atoms with Crippen LogP contribution in [0.5, 0.6) is 0 Å². The van der Waals surface area contributed by atoms with Crippen LogP contribution in [-0.4, -0.2) is 39.0 Å². The highest BCUT2D eigenvalue weighted by atomic mass is 127. The second kappa shape index (κ2) is 11.9. The van der Waals surface area contributed by atoms with Gasteiger partial charge < -0.3 is 15.3 Å². The Morgan fingerprint density at radius 1 is 1.10 bits per heavy atom. The van der Waals surface area contributed by atoms with Crippen LogP contribution >= 0.6 is 34.8 Å². The maximum atomic E-state index is 13.7. The van der Waals surface area contributed by atoms with Gasteiger partial charge in [-0.25, -0.2) is 4.99 Å². The largest absolute Gasteiger partial charge is 0.858 e. The summed E-state index contributed by atoms with van der Waals surface area (Å²) in [6.07, 6.45) is -0.154. The van der Waals surface area contributed by atoms with Gasteiger partial charge in [-0.2, -0.15) is 0 Å². The fraction of sp³-hybridized carbons (Fsp3) is 0.143. The van der Waals surface area contributed by atoms with Gasteiger partial charge in [-0.15, -0.1) is 0 Å². The zero-order valence-electron chi connectivity index (χ0n) is 21.2. The summed E-state index contributed by atoms with van der Waals surface area (Å²) in [7, 11) is 1.64. The third-order valence-electron chi connectivity index (χ3n) is 6.27. The normalized spacial score (nSPS) is 15.6. The standard InChI is InChI=1S/C28H23IN6O4S/c1-33-23(26(39-32-33)31-25(37)18-8-4-2-5-9-18)17-34-22(16-24(36)30-20-14-12-19(29)13-15-20)27(38)35(28(34)40)21-10-6-3-7-11-21/h2-15,22H,16-17H2,1H3,(H-,30,31,32,36,37). The first-order chi connectivity index (χ1) is 19.3. The van der Waals surface area contributed by atoms with Gasteiger partial charge in [0.2, 0.25) is 11.2 Å². The molecule has 202 valence electrons. The molecule has 1 aromatic heterocycles. The fourth-order valence-electron chi connectivity index (χ4n) is 4.24. The summed E-state index contributed by atoms with van der Waals surface area (Å²) in [4.78, 5) is 34.0. The minimum Gasteiger partial charge on any atom is -0.858 e. The van der Waals surface area contributed by atoms with Crippen molar-refractivity contribution in [1.29, 1.82) is 0 Å². The van der Waals surface area contributed by atoms with E-state index in [1.165, 1.54) is 9.58 Å². The molecule has 5 rings (SSSR count). The number of benzene rings is 3. The van der Waals surface area contributed by atoms with E-state index in [4.69, 9.17) is 16.7 Å². The average Bonchev–Trinajstić information content (AvgIpc) is 3.41. The summed E-state index contributed by atoms with van der Waals surface area (Å²) in [6.45, 7) is 0.0241. The molecule has 1 N–H and O–H groups in total. The van der Waals surface area contributed by atoms with Crippen molar-refractivity contribution in [2.45, 2.75) is 19.0 Å². The number of thiocarbonyl (C=S) groups is 1. The number of halogens is 1. The number of para-hydroxylation sites is 1. The van der Waals surface area contributed by atoms with Crippen LogP contribution in [0.3, 0.4) is 0 Å². The third-order valence-corrected chi connectivity index (χ3v) is 7.41. The van der Waals surface area contributed by atoms with E-state index in [-0.39, 0.29) is 35.8 Å². The van der Waals surface area contributed by atoms with Gasteiger partial charge in [0, 0.05) is 9.26 Å². The Morgan fingerprint density at radius 2 is 1.75 bits per heavy atom. The van der Waals surface area contributed by atoms with Gasteiger partial charge in [-0.05, 0) is 87.3 Å². The maximum absolute atomic E-state index is 13.7. The molecule has 0 bridgehead atoms. The van der Waals surface area contributed by atoms with E-state index in [9.17, 15) is 14.7 Å². The molecular weight excluding hydrogens is 643 g/mol. The number of nitrogens with one attached hydrogen (secondary N) is 1. The topological polar surface area (TPSA) is 118 Å². The maximum Gasteiger partial charge on any atom is 0.325 e. The zero-order chi connectivity index (χ0) is 28.2. The molecule has 3 aromatic carbocycles. The Bertz CT molecular complexity index is 1580. The summed E-state index contributed by atoms with van der Waals surface area (Å²) in [5, 5.41) is 19.7. The van der Waals surface area contributed by atoms with Crippen LogP contribution in [0, 0.1) is 3.57 Å². The summed E-state index contributed by atoms with van der Waals surface area (Å²) < 4.78 is 7.81. The van der Waals surface area contributed by atoms with Crippen LogP contribution < -0.4 is 20.0 Å². The molecule has 1 saturated heterocycles. The Balaban J connectivity index is 1.45. The number of carbonyl (C=O) groups is 2. The second-order valence-electron chi connectivity index (χ2n) is 8.93. The van der Waals surface area contributed by atoms with Crippen molar-refractivity contribution in [2.75, 3.05) is 10.2 Å². The van der Waals surface area contributed by atoms with Crippen LogP contribution in [0.15, 0.2) is 94.4 Å². The Labute approximate surface area is 249 Å². The lowest BCUT2D eigenvalue weighted by Crippen LogP contribution is -2.42. The first-order valence-electron chi connectivity index (χ1n) is 12.2. The van der Waals surface area contributed by atoms with Gasteiger partial charge >= 0.3 is 5.88 Å². The van der Waals surface area contributed by atoms with E-state index in [1.807, 2.05) is 18.2 Å². The van der Waals surface area contributed by atoms with E-state index < -0.39 is 11.9 Å². The summed E-state index contributed by atoms with van der Waals surface area (Å²) in [6, 6.07) is 24.0. The van der Waals surface area contributed by atoms with Gasteiger partial charge in [-0.1, -0.05) is 48.5 Å². The van der Waals surface area contributed by atoms with Crippen molar-refractivity contribution in [3.05, 3.63) is 99.8 Å². The minimum atomic E-state index is -0.913. The quantitative estimate of drug-likeness (QED) is 0.101. The van der Waals surface area contributed by atoms with E-state index >= 15 is 0 Å². The molecule has 2 amide bonds. The lowest BCUT2D eigenvalue weighted by Gasteiger charge is -2.22. The number of hydrogen-bond acceptors (Lipinski definition) is 7. The smallest absolute Gasteiger partial charge is 0.325 e. The summed E-state index contributed by atoms with van der Waals surface area (Å²) >= 11 is 7.94. The van der Waals surface area contributed by atoms with Crippen molar-refractivity contribution in [3.8, 4) is 0 Å². The number of aliphatic imine (C=N–C) groups is 1. The summed E-state index contributed by atoms with van der Waals surface area (Å²) in [5.74, 6) is -1.20. The number of aryl methyl sites for hydroxylation is 1. The highest BCUT2D eigenvalue weighted by molar-refractivity contribution is 14.1. The first-order valence-corrected chi connectivity index (χ1v) is 13.7. The highest BCUT2D eigenvalue weighted by Crippen LogP contribution is 2.30. The Morgan fingerprint density at radius 3 is 2.42 bits per heavy atom. The predicted molar refractivity (Wildman–Crippen MR) is 159 cm³/mol. The molecule has 2 heterocycles. The lowest BCUT2D eigenvalue weighted by molar-refractivity contribution is -0.746. The lowest BCUT2D eigenvalue weighted by atomic mass is 10.1. The van der Waals surface area contributed by atoms with Gasteiger partial charge in [-0.3, -0.25) is 19.0 Å². The number of anilines is 2. The molecule has 0 radical (unpaired) electrons. The van der Waals surface area contributed by atoms with Gasteiger partial charge in [0.05, 0.1) is 12.1 Å². The van der Waals surface area contributed by atoms with Crippen LogP contribution in [-0.2, 0) is 23.2 Å². The highest BCUT2D eigenvalue weighted by Gasteiger charge is 2.46. The number of hydrogen-bond donors (Lipinski definition) is 1. The van der Waals surface area contributed by atoms with E-state index in [1.54, 1.807) is 78.7 Å². The number of rotatable bonds is 8. The van der Waals surface area contributed by atoms with Gasteiger partial charge in [0.25, 0.3) is 11.6 Å². The van der Waals surface area contributed by atoms with E-state index in [2.05, 4.69) is 38.2 Å². The third kappa shape index (κ3) is 5.87. The second-order valence-corrected chi connectivity index (χ2v) is 10.5. The number of aromatic nitrogens is 2. The molecule has 4 aromatic rings. The monoisotopic (exact) mass is 666 g/mol. The molecule has 12 heteroatoms. The van der Waals surface area contributed by atoms with Crippen LogP contribution in [0.1, 0.15) is 17.7 Å². The van der Waals surface area contributed by atoms with Crippen LogP contribution in [0.25, 0.3) is 0 Å². The van der Waals surface area contributed by atoms with Crippen LogP contribution in [0.2, 0.25) is 0 Å². The molecule has 0 aliphatic carbocycles. The average molecular weight is 667 g/mol. The SMILES string of the molecule is C[n+]1noc(/N=C(\[O-])c2ccccc2)c1CN1C(=S)N(c2ccccc2)C(=O)C1CC(=O)Nc1ccc(I)cc1. The number of nitrogens with zero attached hydrogens (tertiary/aromatic N) is 5. The first kappa shape index (κ1) is 27.4.